The second kappa shape index (κ2) is 6.32. The van der Waals surface area contributed by atoms with Crippen molar-refractivity contribution in [3.8, 4) is 5.75 Å². The van der Waals surface area contributed by atoms with Gasteiger partial charge in [-0.25, -0.2) is 0 Å². The van der Waals surface area contributed by atoms with Gasteiger partial charge in [-0.3, -0.25) is 5.41 Å². The quantitative estimate of drug-likeness (QED) is 0.296. The first kappa shape index (κ1) is 12.8. The van der Waals surface area contributed by atoms with Gasteiger partial charge in [-0.1, -0.05) is 6.07 Å². The molecule has 1 aromatic rings. The molecule has 0 bridgehead atoms. The summed E-state index contributed by atoms with van der Waals surface area (Å²) in [5.41, 5.74) is 0.800. The SMILES string of the molecule is COc1cccc(NC(=N)S)c1.[NaH]. The number of methoxy groups -OCH3 is 1. The zero-order valence-corrected chi connectivity index (χ0v) is 7.56. The van der Waals surface area contributed by atoms with Crippen LogP contribution in [0.3, 0.4) is 0 Å². The van der Waals surface area contributed by atoms with E-state index >= 15 is 0 Å². The van der Waals surface area contributed by atoms with Crippen molar-refractivity contribution in [1.82, 2.24) is 0 Å². The standard InChI is InChI=1S/C8H10N2OS.Na.H/c1-11-7-4-2-3-6(5-7)10-8(9)12;;/h2-5H,1H3,(H3,9,10,12);;. The topological polar surface area (TPSA) is 45.1 Å². The molecule has 0 saturated heterocycles. The van der Waals surface area contributed by atoms with Crippen molar-refractivity contribution in [3.05, 3.63) is 24.3 Å². The van der Waals surface area contributed by atoms with Crippen LogP contribution >= 0.6 is 12.6 Å². The molecule has 13 heavy (non-hydrogen) atoms. The zero-order valence-electron chi connectivity index (χ0n) is 6.66. The van der Waals surface area contributed by atoms with E-state index in [2.05, 4.69) is 17.9 Å². The van der Waals surface area contributed by atoms with Gasteiger partial charge in [0.1, 0.15) is 5.75 Å². The summed E-state index contributed by atoms with van der Waals surface area (Å²) < 4.78 is 5.00. The van der Waals surface area contributed by atoms with E-state index in [4.69, 9.17) is 10.1 Å². The molecule has 0 radical (unpaired) electrons. The summed E-state index contributed by atoms with van der Waals surface area (Å²) in [6, 6.07) is 7.32. The first-order valence-corrected chi connectivity index (χ1v) is 3.85. The van der Waals surface area contributed by atoms with Crippen LogP contribution in [0.25, 0.3) is 0 Å². The Kier molecular flexibility index (Phi) is 6.24. The summed E-state index contributed by atoms with van der Waals surface area (Å²) in [6.45, 7) is 0. The number of anilines is 1. The Morgan fingerprint density at radius 3 is 2.77 bits per heavy atom. The van der Waals surface area contributed by atoms with E-state index in [0.29, 0.717) is 0 Å². The van der Waals surface area contributed by atoms with Crippen molar-refractivity contribution in [2.24, 2.45) is 0 Å². The van der Waals surface area contributed by atoms with Crippen molar-refractivity contribution in [3.63, 3.8) is 0 Å². The molecule has 5 heteroatoms. The molecule has 0 atom stereocenters. The number of ether oxygens (including phenoxy) is 1. The average Bonchev–Trinajstić information content (AvgIpc) is 2.03. The minimum absolute atomic E-state index is 0. The number of hydrogen-bond donors (Lipinski definition) is 3. The fourth-order valence-corrected chi connectivity index (χ4v) is 0.967. The molecule has 1 rings (SSSR count). The van der Waals surface area contributed by atoms with E-state index in [1.807, 2.05) is 18.2 Å². The fourth-order valence-electron chi connectivity index (χ4n) is 0.838. The molecule has 0 aromatic heterocycles. The van der Waals surface area contributed by atoms with Gasteiger partial charge in [0.25, 0.3) is 0 Å². The van der Waals surface area contributed by atoms with Crippen LogP contribution in [0.1, 0.15) is 0 Å². The molecule has 0 saturated carbocycles. The van der Waals surface area contributed by atoms with Crippen molar-refractivity contribution < 1.29 is 4.74 Å². The van der Waals surface area contributed by atoms with E-state index in [1.165, 1.54) is 0 Å². The van der Waals surface area contributed by atoms with Crippen LogP contribution in [0.5, 0.6) is 5.75 Å². The van der Waals surface area contributed by atoms with Gasteiger partial charge in [-0.15, -0.1) is 12.6 Å². The van der Waals surface area contributed by atoms with Crippen molar-refractivity contribution in [1.29, 1.82) is 5.41 Å². The Labute approximate surface area is 105 Å². The Morgan fingerprint density at radius 1 is 1.54 bits per heavy atom. The van der Waals surface area contributed by atoms with E-state index in [9.17, 15) is 0 Å². The number of nitrogens with one attached hydrogen (secondary N) is 2. The molecule has 0 spiro atoms. The molecule has 1 aromatic carbocycles. The van der Waals surface area contributed by atoms with Crippen LogP contribution in [0.4, 0.5) is 5.69 Å². The van der Waals surface area contributed by atoms with Crippen molar-refractivity contribution in [2.45, 2.75) is 0 Å². The van der Waals surface area contributed by atoms with E-state index in [1.54, 1.807) is 13.2 Å². The molecule has 2 N–H and O–H groups in total. The number of benzene rings is 1. The van der Waals surface area contributed by atoms with Crippen LogP contribution in [0.15, 0.2) is 24.3 Å². The first-order chi connectivity index (χ1) is 5.72. The van der Waals surface area contributed by atoms with Gasteiger partial charge in [0, 0.05) is 11.8 Å². The van der Waals surface area contributed by atoms with E-state index < -0.39 is 0 Å². The molecule has 0 heterocycles. The van der Waals surface area contributed by atoms with Crippen molar-refractivity contribution in [2.75, 3.05) is 12.4 Å². The predicted octanol–water partition coefficient (Wildman–Crippen LogP) is 1.32. The normalized spacial score (nSPS) is 8.46. The number of hydrogen-bond acceptors (Lipinski definition) is 2. The summed E-state index contributed by atoms with van der Waals surface area (Å²) >= 11 is 3.80. The van der Waals surface area contributed by atoms with E-state index in [0.717, 1.165) is 11.4 Å². The average molecular weight is 206 g/mol. The minimum atomic E-state index is 0. The molecule has 0 aliphatic heterocycles. The third-order valence-electron chi connectivity index (χ3n) is 1.33. The summed E-state index contributed by atoms with van der Waals surface area (Å²) in [5.74, 6) is 0.759. The first-order valence-electron chi connectivity index (χ1n) is 3.41. The molecule has 0 unspecified atom stereocenters. The molecule has 66 valence electrons. The van der Waals surface area contributed by atoms with Gasteiger partial charge in [-0.05, 0) is 12.1 Å². The second-order valence-electron chi connectivity index (χ2n) is 2.21. The van der Waals surface area contributed by atoms with E-state index in [-0.39, 0.29) is 34.7 Å². The van der Waals surface area contributed by atoms with Gasteiger partial charge in [0.2, 0.25) is 0 Å². The Morgan fingerprint density at radius 2 is 2.23 bits per heavy atom. The fraction of sp³-hybridized carbons (Fsp3) is 0.125. The second-order valence-corrected chi connectivity index (χ2v) is 2.65. The molecule has 0 aliphatic carbocycles. The summed E-state index contributed by atoms with van der Waals surface area (Å²) in [5, 5.41) is 9.93. The number of thiol groups is 1. The summed E-state index contributed by atoms with van der Waals surface area (Å²) in [6.07, 6.45) is 0. The summed E-state index contributed by atoms with van der Waals surface area (Å²) in [4.78, 5) is 0. The molecular formula is C8H11N2NaOS. The van der Waals surface area contributed by atoms with Gasteiger partial charge in [0.05, 0.1) is 7.11 Å². The predicted molar refractivity (Wildman–Crippen MR) is 60.5 cm³/mol. The van der Waals surface area contributed by atoms with Gasteiger partial charge >= 0.3 is 29.6 Å². The maximum absolute atomic E-state index is 7.07. The molecule has 0 fully saturated rings. The Balaban J connectivity index is 0.00000144. The van der Waals surface area contributed by atoms with Crippen LogP contribution in [0, 0.1) is 5.41 Å². The third-order valence-corrected chi connectivity index (χ3v) is 1.44. The van der Waals surface area contributed by atoms with Crippen LogP contribution in [0.2, 0.25) is 0 Å². The molecule has 3 nitrogen and oxygen atoms in total. The maximum atomic E-state index is 7.07. The molecular weight excluding hydrogens is 195 g/mol. The number of rotatable bonds is 2. The number of amidine groups is 1. The zero-order chi connectivity index (χ0) is 8.97. The Bertz CT molecular complexity index is 293. The molecule has 0 amide bonds. The van der Waals surface area contributed by atoms with Gasteiger partial charge in [0.15, 0.2) is 5.17 Å². The molecule has 0 aliphatic rings. The monoisotopic (exact) mass is 206 g/mol. The van der Waals surface area contributed by atoms with Crippen LogP contribution in [-0.2, 0) is 0 Å². The van der Waals surface area contributed by atoms with Crippen LogP contribution in [-0.4, -0.2) is 41.8 Å². The van der Waals surface area contributed by atoms with Gasteiger partial charge in [-0.2, -0.15) is 0 Å². The summed E-state index contributed by atoms with van der Waals surface area (Å²) in [7, 11) is 1.60. The van der Waals surface area contributed by atoms with Gasteiger partial charge < -0.3 is 10.1 Å². The Hall–Kier alpha value is -0.160. The van der Waals surface area contributed by atoms with Crippen molar-refractivity contribution >= 4 is 53.0 Å². The third kappa shape index (κ3) is 4.57. The van der Waals surface area contributed by atoms with Crippen LogP contribution < -0.4 is 10.1 Å².